The van der Waals surface area contributed by atoms with E-state index in [1.54, 1.807) is 12.3 Å². The molecule has 142 valence electrons. The molecule has 2 N–H and O–H groups in total. The fourth-order valence-electron chi connectivity index (χ4n) is 3.57. The standard InChI is InChI=1S/C22H25FN2O2/c23-18-6-8-21-20(14-18)22(15-25-21)27-11-2-9-24-10-12-26-19-7-5-16-3-1-4-17(16)13-19/h5-8,13-15,24-25H,1-4,9-12H2. The molecular formula is C22H25FN2O2. The quantitative estimate of drug-likeness (QED) is 0.556. The summed E-state index contributed by atoms with van der Waals surface area (Å²) >= 11 is 0. The predicted octanol–water partition coefficient (Wildman–Crippen LogP) is 4.23. The second-order valence-corrected chi connectivity index (χ2v) is 6.93. The van der Waals surface area contributed by atoms with Gasteiger partial charge in [0.1, 0.15) is 23.9 Å². The lowest BCUT2D eigenvalue weighted by Gasteiger charge is -2.09. The van der Waals surface area contributed by atoms with Gasteiger partial charge in [0.15, 0.2) is 0 Å². The summed E-state index contributed by atoms with van der Waals surface area (Å²) in [4.78, 5) is 3.09. The van der Waals surface area contributed by atoms with Crippen LogP contribution in [0.4, 0.5) is 4.39 Å². The van der Waals surface area contributed by atoms with Crippen LogP contribution in [0.15, 0.2) is 42.6 Å². The molecular weight excluding hydrogens is 343 g/mol. The Balaban J connectivity index is 1.11. The predicted molar refractivity (Wildman–Crippen MR) is 105 cm³/mol. The zero-order valence-corrected chi connectivity index (χ0v) is 15.4. The summed E-state index contributed by atoms with van der Waals surface area (Å²) < 4.78 is 24.9. The van der Waals surface area contributed by atoms with Gasteiger partial charge in [-0.2, -0.15) is 0 Å². The molecule has 0 saturated carbocycles. The van der Waals surface area contributed by atoms with Crippen LogP contribution in [0, 0.1) is 5.82 Å². The zero-order valence-electron chi connectivity index (χ0n) is 15.4. The molecule has 0 spiro atoms. The molecule has 1 aliphatic rings. The van der Waals surface area contributed by atoms with E-state index in [1.165, 1.54) is 42.5 Å². The van der Waals surface area contributed by atoms with Crippen LogP contribution in [0.2, 0.25) is 0 Å². The van der Waals surface area contributed by atoms with Crippen molar-refractivity contribution in [3.05, 3.63) is 59.5 Å². The fourth-order valence-corrected chi connectivity index (χ4v) is 3.57. The van der Waals surface area contributed by atoms with Gasteiger partial charge in [-0.05, 0) is 73.7 Å². The van der Waals surface area contributed by atoms with Crippen LogP contribution in [0.3, 0.4) is 0 Å². The van der Waals surface area contributed by atoms with Crippen LogP contribution < -0.4 is 14.8 Å². The lowest BCUT2D eigenvalue weighted by atomic mass is 10.1. The monoisotopic (exact) mass is 368 g/mol. The molecule has 0 bridgehead atoms. The summed E-state index contributed by atoms with van der Waals surface area (Å²) in [5.41, 5.74) is 3.79. The molecule has 0 aliphatic heterocycles. The van der Waals surface area contributed by atoms with Gasteiger partial charge in [0.05, 0.1) is 6.61 Å². The smallest absolute Gasteiger partial charge is 0.144 e. The highest BCUT2D eigenvalue weighted by Crippen LogP contribution is 2.26. The normalized spacial score (nSPS) is 13.1. The average Bonchev–Trinajstić information content (AvgIpc) is 3.30. The molecule has 5 heteroatoms. The maximum absolute atomic E-state index is 13.4. The number of aromatic nitrogens is 1. The van der Waals surface area contributed by atoms with Gasteiger partial charge in [-0.3, -0.25) is 0 Å². The number of ether oxygens (including phenoxy) is 2. The van der Waals surface area contributed by atoms with Crippen LogP contribution >= 0.6 is 0 Å². The van der Waals surface area contributed by atoms with Gasteiger partial charge >= 0.3 is 0 Å². The second kappa shape index (κ2) is 8.44. The van der Waals surface area contributed by atoms with E-state index in [0.717, 1.165) is 36.2 Å². The molecule has 2 aromatic carbocycles. The topological polar surface area (TPSA) is 46.3 Å². The minimum absolute atomic E-state index is 0.253. The Kier molecular flexibility index (Phi) is 5.58. The van der Waals surface area contributed by atoms with Gasteiger partial charge in [0, 0.05) is 23.6 Å². The first-order valence-corrected chi connectivity index (χ1v) is 9.64. The first kappa shape index (κ1) is 17.9. The number of aromatic amines is 1. The SMILES string of the molecule is Fc1ccc2[nH]cc(OCCCNCCOc3ccc4c(c3)CCC4)c2c1. The van der Waals surface area contributed by atoms with Gasteiger partial charge in [0.25, 0.3) is 0 Å². The van der Waals surface area contributed by atoms with Crippen LogP contribution in [0.5, 0.6) is 11.5 Å². The lowest BCUT2D eigenvalue weighted by Crippen LogP contribution is -2.23. The summed E-state index contributed by atoms with van der Waals surface area (Å²) in [6.07, 6.45) is 6.29. The molecule has 0 unspecified atom stereocenters. The van der Waals surface area contributed by atoms with Crippen LogP contribution in [0.25, 0.3) is 10.9 Å². The van der Waals surface area contributed by atoms with Crippen LogP contribution in [-0.2, 0) is 12.8 Å². The van der Waals surface area contributed by atoms with E-state index in [1.807, 2.05) is 0 Å². The van der Waals surface area contributed by atoms with Gasteiger partial charge in [-0.25, -0.2) is 4.39 Å². The minimum atomic E-state index is -0.253. The van der Waals surface area contributed by atoms with Crippen molar-refractivity contribution < 1.29 is 13.9 Å². The van der Waals surface area contributed by atoms with Crippen molar-refractivity contribution in [3.63, 3.8) is 0 Å². The van der Waals surface area contributed by atoms with Gasteiger partial charge in [-0.15, -0.1) is 0 Å². The molecule has 3 aromatic rings. The van der Waals surface area contributed by atoms with E-state index >= 15 is 0 Å². The molecule has 4 rings (SSSR count). The largest absolute Gasteiger partial charge is 0.492 e. The molecule has 4 nitrogen and oxygen atoms in total. The number of hydrogen-bond acceptors (Lipinski definition) is 3. The van der Waals surface area contributed by atoms with E-state index < -0.39 is 0 Å². The van der Waals surface area contributed by atoms with Crippen molar-refractivity contribution in [2.45, 2.75) is 25.7 Å². The Bertz CT molecular complexity index is 906. The number of rotatable bonds is 9. The first-order chi connectivity index (χ1) is 13.3. The van der Waals surface area contributed by atoms with E-state index in [0.29, 0.717) is 19.0 Å². The molecule has 27 heavy (non-hydrogen) atoms. The van der Waals surface area contributed by atoms with Crippen LogP contribution in [-0.4, -0.2) is 31.3 Å². The number of benzene rings is 2. The Hall–Kier alpha value is -2.53. The third-order valence-electron chi connectivity index (χ3n) is 4.98. The number of nitrogens with one attached hydrogen (secondary N) is 2. The number of hydrogen-bond donors (Lipinski definition) is 2. The van der Waals surface area contributed by atoms with Crippen molar-refractivity contribution in [2.24, 2.45) is 0 Å². The Morgan fingerprint density at radius 2 is 1.89 bits per heavy atom. The summed E-state index contributed by atoms with van der Waals surface area (Å²) in [5, 5.41) is 4.14. The molecule has 1 aliphatic carbocycles. The van der Waals surface area contributed by atoms with Crippen LogP contribution in [0.1, 0.15) is 24.0 Å². The van der Waals surface area contributed by atoms with Gasteiger partial charge in [0.2, 0.25) is 0 Å². The third-order valence-corrected chi connectivity index (χ3v) is 4.98. The second-order valence-electron chi connectivity index (χ2n) is 6.93. The molecule has 1 heterocycles. The minimum Gasteiger partial charge on any atom is -0.492 e. The van der Waals surface area contributed by atoms with Crippen molar-refractivity contribution in [3.8, 4) is 11.5 Å². The zero-order chi connectivity index (χ0) is 18.5. The first-order valence-electron chi connectivity index (χ1n) is 9.64. The summed E-state index contributed by atoms with van der Waals surface area (Å²) in [5.74, 6) is 1.41. The fraction of sp³-hybridized carbons (Fsp3) is 0.364. The number of fused-ring (bicyclic) bond motifs is 2. The van der Waals surface area contributed by atoms with E-state index in [2.05, 4.69) is 28.5 Å². The Morgan fingerprint density at radius 1 is 0.963 bits per heavy atom. The van der Waals surface area contributed by atoms with E-state index in [4.69, 9.17) is 9.47 Å². The summed E-state index contributed by atoms with van der Waals surface area (Å²) in [7, 11) is 0. The van der Waals surface area contributed by atoms with Gasteiger partial charge in [-0.1, -0.05) is 6.07 Å². The Morgan fingerprint density at radius 3 is 2.85 bits per heavy atom. The van der Waals surface area contributed by atoms with E-state index in [9.17, 15) is 4.39 Å². The number of aryl methyl sites for hydroxylation is 2. The van der Waals surface area contributed by atoms with Crippen molar-refractivity contribution >= 4 is 10.9 Å². The molecule has 0 saturated heterocycles. The van der Waals surface area contributed by atoms with Crippen molar-refractivity contribution in [1.29, 1.82) is 0 Å². The highest BCUT2D eigenvalue weighted by atomic mass is 19.1. The molecule has 0 amide bonds. The lowest BCUT2D eigenvalue weighted by molar-refractivity contribution is 0.296. The molecule has 1 aromatic heterocycles. The van der Waals surface area contributed by atoms with Crippen molar-refractivity contribution in [2.75, 3.05) is 26.3 Å². The Labute approximate surface area is 158 Å². The number of halogens is 1. The third kappa shape index (κ3) is 4.42. The average molecular weight is 368 g/mol. The summed E-state index contributed by atoms with van der Waals surface area (Å²) in [6.45, 7) is 2.89. The summed E-state index contributed by atoms with van der Waals surface area (Å²) in [6, 6.07) is 11.1. The molecule has 0 radical (unpaired) electrons. The number of H-pyrrole nitrogens is 1. The van der Waals surface area contributed by atoms with Gasteiger partial charge < -0.3 is 19.8 Å². The maximum Gasteiger partial charge on any atom is 0.144 e. The van der Waals surface area contributed by atoms with Crippen molar-refractivity contribution in [1.82, 2.24) is 10.3 Å². The molecule has 0 atom stereocenters. The maximum atomic E-state index is 13.4. The highest BCUT2D eigenvalue weighted by molar-refractivity contribution is 5.86. The molecule has 0 fully saturated rings. The highest BCUT2D eigenvalue weighted by Gasteiger charge is 2.11. The van der Waals surface area contributed by atoms with E-state index in [-0.39, 0.29) is 5.82 Å².